The molecule has 1 aromatic rings. The van der Waals surface area contributed by atoms with Crippen LogP contribution in [-0.4, -0.2) is 26.0 Å². The molecular formula is C13H19N3O. The first-order valence-corrected chi connectivity index (χ1v) is 6.00. The maximum Gasteiger partial charge on any atom is 0.234 e. The fourth-order valence-electron chi connectivity index (χ4n) is 2.22. The van der Waals surface area contributed by atoms with Gasteiger partial charge in [0.1, 0.15) is 0 Å². The van der Waals surface area contributed by atoms with Crippen LogP contribution in [0.3, 0.4) is 0 Å². The van der Waals surface area contributed by atoms with Crippen molar-refractivity contribution in [2.75, 3.05) is 25.0 Å². The molecule has 17 heavy (non-hydrogen) atoms. The summed E-state index contributed by atoms with van der Waals surface area (Å²) in [6.07, 6.45) is 2.32. The average Bonchev–Trinajstić information content (AvgIpc) is 2.36. The van der Waals surface area contributed by atoms with E-state index in [1.165, 1.54) is 17.7 Å². The van der Waals surface area contributed by atoms with Crippen LogP contribution in [0.2, 0.25) is 0 Å². The second-order valence-corrected chi connectivity index (χ2v) is 4.47. The van der Waals surface area contributed by atoms with Gasteiger partial charge >= 0.3 is 0 Å². The summed E-state index contributed by atoms with van der Waals surface area (Å²) in [5.74, 6) is -0.111. The topological polar surface area (TPSA) is 58.4 Å². The Morgan fingerprint density at radius 3 is 3.12 bits per heavy atom. The highest BCUT2D eigenvalue weighted by Gasteiger charge is 2.13. The van der Waals surface area contributed by atoms with Crippen molar-refractivity contribution in [2.24, 2.45) is 5.73 Å². The van der Waals surface area contributed by atoms with Gasteiger partial charge in [0.05, 0.1) is 6.54 Å². The number of benzene rings is 1. The molecule has 1 heterocycles. The van der Waals surface area contributed by atoms with Crippen LogP contribution in [0.5, 0.6) is 0 Å². The molecule has 0 spiro atoms. The molecule has 1 aromatic carbocycles. The normalized spacial score (nSPS) is 14.4. The molecule has 1 aliphatic heterocycles. The van der Waals surface area contributed by atoms with Gasteiger partial charge in [0.25, 0.3) is 0 Å². The quantitative estimate of drug-likeness (QED) is 0.805. The lowest BCUT2D eigenvalue weighted by Gasteiger charge is -2.27. The SMILES string of the molecule is CN1CCCc2cc(CNC(=O)CN)ccc21. The minimum Gasteiger partial charge on any atom is -0.374 e. The zero-order chi connectivity index (χ0) is 12.3. The van der Waals surface area contributed by atoms with Crippen LogP contribution in [0, 0.1) is 0 Å². The van der Waals surface area contributed by atoms with E-state index in [2.05, 4.69) is 35.5 Å². The molecule has 3 N–H and O–H groups in total. The van der Waals surface area contributed by atoms with Gasteiger partial charge in [-0.3, -0.25) is 4.79 Å². The van der Waals surface area contributed by atoms with E-state index in [0.29, 0.717) is 6.54 Å². The van der Waals surface area contributed by atoms with Gasteiger partial charge in [-0.15, -0.1) is 0 Å². The van der Waals surface area contributed by atoms with Crippen LogP contribution in [0.1, 0.15) is 17.5 Å². The Labute approximate surface area is 102 Å². The maximum absolute atomic E-state index is 11.1. The Balaban J connectivity index is 2.08. The number of carbonyl (C=O) groups is 1. The predicted octanol–water partition coefficient (Wildman–Crippen LogP) is 0.644. The van der Waals surface area contributed by atoms with Gasteiger partial charge in [0, 0.05) is 25.8 Å². The van der Waals surface area contributed by atoms with Crippen molar-refractivity contribution in [1.29, 1.82) is 0 Å². The standard InChI is InChI=1S/C13H19N3O/c1-16-6-2-3-11-7-10(4-5-12(11)16)9-15-13(17)8-14/h4-5,7H,2-3,6,8-9,14H2,1H3,(H,15,17). The predicted molar refractivity (Wildman–Crippen MR) is 68.9 cm³/mol. The highest BCUT2D eigenvalue weighted by atomic mass is 16.1. The van der Waals surface area contributed by atoms with E-state index in [1.807, 2.05) is 0 Å². The van der Waals surface area contributed by atoms with Crippen molar-refractivity contribution < 1.29 is 4.79 Å². The van der Waals surface area contributed by atoms with Crippen LogP contribution in [0.15, 0.2) is 18.2 Å². The number of nitrogens with one attached hydrogen (secondary N) is 1. The maximum atomic E-state index is 11.1. The zero-order valence-electron chi connectivity index (χ0n) is 10.2. The molecular weight excluding hydrogens is 214 g/mol. The van der Waals surface area contributed by atoms with E-state index in [9.17, 15) is 4.79 Å². The Kier molecular flexibility index (Phi) is 3.64. The van der Waals surface area contributed by atoms with Crippen LogP contribution in [-0.2, 0) is 17.8 Å². The number of aryl methyl sites for hydroxylation is 1. The number of nitrogens with zero attached hydrogens (tertiary/aromatic N) is 1. The summed E-state index contributed by atoms with van der Waals surface area (Å²) < 4.78 is 0. The first-order valence-electron chi connectivity index (χ1n) is 6.00. The highest BCUT2D eigenvalue weighted by molar-refractivity contribution is 5.77. The van der Waals surface area contributed by atoms with Crippen LogP contribution >= 0.6 is 0 Å². The number of fused-ring (bicyclic) bond motifs is 1. The lowest BCUT2D eigenvalue weighted by Crippen LogP contribution is -2.30. The number of amides is 1. The minimum absolute atomic E-state index is 0.0493. The van der Waals surface area contributed by atoms with Gasteiger partial charge in [0.15, 0.2) is 0 Å². The molecule has 0 atom stereocenters. The van der Waals surface area contributed by atoms with E-state index in [0.717, 1.165) is 18.5 Å². The second kappa shape index (κ2) is 5.19. The van der Waals surface area contributed by atoms with Crippen LogP contribution < -0.4 is 16.0 Å². The molecule has 0 aliphatic carbocycles. The summed E-state index contributed by atoms with van der Waals surface area (Å²) in [4.78, 5) is 13.4. The number of nitrogens with two attached hydrogens (primary N) is 1. The fraction of sp³-hybridized carbons (Fsp3) is 0.462. The largest absolute Gasteiger partial charge is 0.374 e. The van der Waals surface area contributed by atoms with Gasteiger partial charge in [-0.1, -0.05) is 12.1 Å². The number of carbonyl (C=O) groups excluding carboxylic acids is 1. The number of hydrogen-bond acceptors (Lipinski definition) is 3. The smallest absolute Gasteiger partial charge is 0.234 e. The van der Waals surface area contributed by atoms with Gasteiger partial charge in [-0.05, 0) is 30.0 Å². The van der Waals surface area contributed by atoms with Crippen molar-refractivity contribution in [3.05, 3.63) is 29.3 Å². The number of anilines is 1. The lowest BCUT2D eigenvalue weighted by atomic mass is 9.99. The molecule has 0 aromatic heterocycles. The van der Waals surface area contributed by atoms with Gasteiger partial charge in [0.2, 0.25) is 5.91 Å². The second-order valence-electron chi connectivity index (χ2n) is 4.47. The highest BCUT2D eigenvalue weighted by Crippen LogP contribution is 2.26. The summed E-state index contributed by atoms with van der Waals surface area (Å²) in [5, 5.41) is 2.79. The summed E-state index contributed by atoms with van der Waals surface area (Å²) in [6, 6.07) is 6.39. The van der Waals surface area contributed by atoms with Crippen molar-refractivity contribution in [1.82, 2.24) is 5.32 Å². The van der Waals surface area contributed by atoms with Crippen molar-refractivity contribution in [2.45, 2.75) is 19.4 Å². The molecule has 1 amide bonds. The molecule has 4 nitrogen and oxygen atoms in total. The van der Waals surface area contributed by atoms with Crippen molar-refractivity contribution >= 4 is 11.6 Å². The first kappa shape index (κ1) is 11.9. The molecule has 0 fully saturated rings. The zero-order valence-corrected chi connectivity index (χ0v) is 10.2. The third-order valence-electron chi connectivity index (χ3n) is 3.17. The summed E-state index contributed by atoms with van der Waals surface area (Å²) in [6.45, 7) is 1.73. The molecule has 0 saturated heterocycles. The number of rotatable bonds is 3. The molecule has 92 valence electrons. The Morgan fingerprint density at radius 1 is 1.53 bits per heavy atom. The van der Waals surface area contributed by atoms with Gasteiger partial charge < -0.3 is 16.0 Å². The summed E-state index contributed by atoms with van der Waals surface area (Å²) in [7, 11) is 2.12. The van der Waals surface area contributed by atoms with Crippen molar-refractivity contribution in [3.8, 4) is 0 Å². The Bertz CT molecular complexity index is 417. The van der Waals surface area contributed by atoms with Crippen molar-refractivity contribution in [3.63, 3.8) is 0 Å². The molecule has 4 heteroatoms. The van der Waals surface area contributed by atoms with Crippen LogP contribution in [0.25, 0.3) is 0 Å². The summed E-state index contributed by atoms with van der Waals surface area (Å²) in [5.41, 5.74) is 9.07. The van der Waals surface area contributed by atoms with Gasteiger partial charge in [-0.2, -0.15) is 0 Å². The molecule has 1 aliphatic rings. The molecule has 0 radical (unpaired) electrons. The third-order valence-corrected chi connectivity index (χ3v) is 3.17. The van der Waals surface area contributed by atoms with Gasteiger partial charge in [-0.25, -0.2) is 0 Å². The monoisotopic (exact) mass is 233 g/mol. The number of hydrogen-bond donors (Lipinski definition) is 2. The third kappa shape index (κ3) is 2.77. The van der Waals surface area contributed by atoms with E-state index in [-0.39, 0.29) is 12.5 Å². The average molecular weight is 233 g/mol. The molecule has 2 rings (SSSR count). The Morgan fingerprint density at radius 2 is 2.35 bits per heavy atom. The molecule has 0 bridgehead atoms. The Hall–Kier alpha value is -1.55. The fourth-order valence-corrected chi connectivity index (χ4v) is 2.22. The van der Waals surface area contributed by atoms with E-state index < -0.39 is 0 Å². The molecule has 0 saturated carbocycles. The van der Waals surface area contributed by atoms with E-state index in [1.54, 1.807) is 0 Å². The lowest BCUT2D eigenvalue weighted by molar-refractivity contribution is -0.119. The minimum atomic E-state index is -0.111. The van der Waals surface area contributed by atoms with E-state index >= 15 is 0 Å². The van der Waals surface area contributed by atoms with Crippen LogP contribution in [0.4, 0.5) is 5.69 Å². The summed E-state index contributed by atoms with van der Waals surface area (Å²) >= 11 is 0. The molecule has 0 unspecified atom stereocenters. The van der Waals surface area contributed by atoms with E-state index in [4.69, 9.17) is 5.73 Å². The first-order chi connectivity index (χ1) is 8.20.